The average molecular weight is 367 g/mol. The average Bonchev–Trinajstić information content (AvgIpc) is 3.03. The van der Waals surface area contributed by atoms with Crippen LogP contribution in [0.5, 0.6) is 0 Å². The van der Waals surface area contributed by atoms with Gasteiger partial charge in [0.25, 0.3) is 0 Å². The van der Waals surface area contributed by atoms with Crippen LogP contribution in [0.15, 0.2) is 24.4 Å². The van der Waals surface area contributed by atoms with Gasteiger partial charge in [-0.05, 0) is 38.8 Å². The van der Waals surface area contributed by atoms with Gasteiger partial charge < -0.3 is 9.80 Å². The lowest BCUT2D eigenvalue weighted by Crippen LogP contribution is -2.50. The first-order valence-electron chi connectivity index (χ1n) is 10.2. The molecule has 3 heterocycles. The van der Waals surface area contributed by atoms with Crippen LogP contribution in [0.25, 0.3) is 5.82 Å². The van der Waals surface area contributed by atoms with E-state index in [1.165, 1.54) is 24.9 Å². The number of pyridine rings is 1. The summed E-state index contributed by atoms with van der Waals surface area (Å²) in [5, 5.41) is 4.72. The normalized spacial score (nSPS) is 18.7. The van der Waals surface area contributed by atoms with Gasteiger partial charge in [0.1, 0.15) is 0 Å². The van der Waals surface area contributed by atoms with Gasteiger partial charge in [0.05, 0.1) is 17.1 Å². The lowest BCUT2D eigenvalue weighted by molar-refractivity contribution is -0.136. The maximum Gasteiger partial charge on any atom is 0.225 e. The lowest BCUT2D eigenvalue weighted by atomic mass is 9.88. The van der Waals surface area contributed by atoms with Crippen molar-refractivity contribution in [2.24, 2.45) is 5.92 Å². The van der Waals surface area contributed by atoms with Crippen molar-refractivity contribution < 1.29 is 4.79 Å². The molecule has 2 aromatic heterocycles. The Hall–Kier alpha value is -2.37. The van der Waals surface area contributed by atoms with Gasteiger partial charge in [-0.1, -0.05) is 25.3 Å². The molecule has 27 heavy (non-hydrogen) atoms. The molecule has 0 N–H and O–H groups in total. The second kappa shape index (κ2) is 7.71. The van der Waals surface area contributed by atoms with Crippen LogP contribution in [0.1, 0.15) is 43.5 Å². The lowest BCUT2D eigenvalue weighted by Gasteiger charge is -2.38. The molecular weight excluding hydrogens is 338 g/mol. The Labute approximate surface area is 161 Å². The van der Waals surface area contributed by atoms with E-state index in [9.17, 15) is 4.79 Å². The zero-order valence-corrected chi connectivity index (χ0v) is 16.4. The summed E-state index contributed by atoms with van der Waals surface area (Å²) in [6.45, 7) is 7.51. The second-order valence-electron chi connectivity index (χ2n) is 7.77. The monoisotopic (exact) mass is 367 g/mol. The molecule has 0 bridgehead atoms. The molecule has 1 aliphatic heterocycles. The zero-order chi connectivity index (χ0) is 18.8. The summed E-state index contributed by atoms with van der Waals surface area (Å²) < 4.78 is 1.92. The molecule has 1 aliphatic carbocycles. The molecule has 1 saturated carbocycles. The molecule has 1 amide bonds. The molecular formula is C21H29N5O. The maximum atomic E-state index is 12.8. The van der Waals surface area contributed by atoms with Crippen molar-refractivity contribution in [2.75, 3.05) is 31.1 Å². The van der Waals surface area contributed by atoms with E-state index in [0.29, 0.717) is 5.91 Å². The molecule has 6 heteroatoms. The van der Waals surface area contributed by atoms with Crippen LogP contribution in [0.4, 0.5) is 5.69 Å². The van der Waals surface area contributed by atoms with E-state index in [1.807, 2.05) is 22.9 Å². The largest absolute Gasteiger partial charge is 0.365 e. The van der Waals surface area contributed by atoms with E-state index in [0.717, 1.165) is 56.2 Å². The summed E-state index contributed by atoms with van der Waals surface area (Å²) in [5.74, 6) is 1.49. The predicted octanol–water partition coefficient (Wildman–Crippen LogP) is 3.11. The van der Waals surface area contributed by atoms with Crippen LogP contribution >= 0.6 is 0 Å². The zero-order valence-electron chi connectivity index (χ0n) is 16.4. The van der Waals surface area contributed by atoms with Crippen LogP contribution < -0.4 is 4.90 Å². The Bertz CT molecular complexity index is 786. The van der Waals surface area contributed by atoms with E-state index in [2.05, 4.69) is 28.6 Å². The van der Waals surface area contributed by atoms with Crippen molar-refractivity contribution in [3.8, 4) is 5.82 Å². The van der Waals surface area contributed by atoms with Crippen molar-refractivity contribution in [3.63, 3.8) is 0 Å². The second-order valence-corrected chi connectivity index (χ2v) is 7.77. The minimum atomic E-state index is 0.265. The minimum Gasteiger partial charge on any atom is -0.365 e. The Morgan fingerprint density at radius 2 is 1.78 bits per heavy atom. The standard InChI is InChI=1S/C21H29N5O/c1-16-20(17(2)26(23-16)19-10-6-7-11-22-19)24-12-14-25(15-13-24)21(27)18-8-4-3-5-9-18/h6-7,10-11,18H,3-5,8-9,12-15H2,1-2H3. The highest BCUT2D eigenvalue weighted by Gasteiger charge is 2.30. The van der Waals surface area contributed by atoms with Crippen LogP contribution in [0.2, 0.25) is 0 Å². The van der Waals surface area contributed by atoms with Crippen LogP contribution in [-0.2, 0) is 4.79 Å². The number of carbonyl (C=O) groups excluding carboxylic acids is 1. The van der Waals surface area contributed by atoms with Crippen molar-refractivity contribution >= 4 is 11.6 Å². The van der Waals surface area contributed by atoms with Gasteiger partial charge in [-0.15, -0.1) is 0 Å². The molecule has 2 aliphatic rings. The number of anilines is 1. The first-order chi connectivity index (χ1) is 13.1. The fraction of sp³-hybridized carbons (Fsp3) is 0.571. The molecule has 4 rings (SSSR count). The van der Waals surface area contributed by atoms with Crippen LogP contribution in [0.3, 0.4) is 0 Å². The van der Waals surface area contributed by atoms with Gasteiger partial charge >= 0.3 is 0 Å². The Morgan fingerprint density at radius 3 is 2.44 bits per heavy atom. The Morgan fingerprint density at radius 1 is 1.04 bits per heavy atom. The highest BCUT2D eigenvalue weighted by molar-refractivity contribution is 5.79. The first-order valence-corrected chi connectivity index (χ1v) is 10.2. The predicted molar refractivity (Wildman–Crippen MR) is 106 cm³/mol. The molecule has 0 aromatic carbocycles. The van der Waals surface area contributed by atoms with Gasteiger partial charge in [-0.2, -0.15) is 5.10 Å². The van der Waals surface area contributed by atoms with E-state index in [-0.39, 0.29) is 5.92 Å². The van der Waals surface area contributed by atoms with E-state index in [1.54, 1.807) is 6.20 Å². The highest BCUT2D eigenvalue weighted by atomic mass is 16.2. The number of carbonyl (C=O) groups is 1. The van der Waals surface area contributed by atoms with Crippen molar-refractivity contribution in [1.29, 1.82) is 0 Å². The van der Waals surface area contributed by atoms with Gasteiger partial charge in [0, 0.05) is 38.3 Å². The third-order valence-corrected chi connectivity index (χ3v) is 5.98. The third kappa shape index (κ3) is 3.57. The summed E-state index contributed by atoms with van der Waals surface area (Å²) in [4.78, 5) is 21.7. The smallest absolute Gasteiger partial charge is 0.225 e. The molecule has 0 unspecified atom stereocenters. The maximum absolute atomic E-state index is 12.8. The number of aromatic nitrogens is 3. The molecule has 1 saturated heterocycles. The van der Waals surface area contributed by atoms with E-state index >= 15 is 0 Å². The van der Waals surface area contributed by atoms with Crippen LogP contribution in [0, 0.1) is 19.8 Å². The van der Waals surface area contributed by atoms with Crippen LogP contribution in [-0.4, -0.2) is 51.8 Å². The van der Waals surface area contributed by atoms with Gasteiger partial charge in [-0.3, -0.25) is 4.79 Å². The number of hydrogen-bond acceptors (Lipinski definition) is 4. The molecule has 6 nitrogen and oxygen atoms in total. The van der Waals surface area contributed by atoms with Crippen molar-refractivity contribution in [3.05, 3.63) is 35.8 Å². The number of hydrogen-bond donors (Lipinski definition) is 0. The first kappa shape index (κ1) is 18.0. The quantitative estimate of drug-likeness (QED) is 0.836. The summed E-state index contributed by atoms with van der Waals surface area (Å²) in [6, 6.07) is 5.87. The van der Waals surface area contributed by atoms with Crippen molar-refractivity contribution in [2.45, 2.75) is 46.0 Å². The van der Waals surface area contributed by atoms with Gasteiger partial charge in [0.15, 0.2) is 5.82 Å². The van der Waals surface area contributed by atoms with E-state index < -0.39 is 0 Å². The number of aryl methyl sites for hydroxylation is 1. The number of nitrogens with zero attached hydrogens (tertiary/aromatic N) is 5. The Kier molecular flexibility index (Phi) is 5.14. The highest BCUT2D eigenvalue weighted by Crippen LogP contribution is 2.29. The minimum absolute atomic E-state index is 0.265. The molecule has 0 radical (unpaired) electrons. The number of rotatable bonds is 3. The SMILES string of the molecule is Cc1nn(-c2ccccn2)c(C)c1N1CCN(C(=O)C2CCCCC2)CC1. The van der Waals surface area contributed by atoms with Gasteiger partial charge in [0.2, 0.25) is 5.91 Å². The van der Waals surface area contributed by atoms with Gasteiger partial charge in [-0.25, -0.2) is 9.67 Å². The Balaban J connectivity index is 1.45. The number of amides is 1. The fourth-order valence-corrected chi connectivity index (χ4v) is 4.55. The molecule has 2 fully saturated rings. The fourth-order valence-electron chi connectivity index (χ4n) is 4.55. The number of piperazine rings is 1. The summed E-state index contributed by atoms with van der Waals surface area (Å²) >= 11 is 0. The molecule has 2 aromatic rings. The van der Waals surface area contributed by atoms with E-state index in [4.69, 9.17) is 5.10 Å². The van der Waals surface area contributed by atoms with Crippen molar-refractivity contribution in [1.82, 2.24) is 19.7 Å². The molecule has 0 atom stereocenters. The summed E-state index contributed by atoms with van der Waals surface area (Å²) in [5.41, 5.74) is 3.31. The molecule has 0 spiro atoms. The topological polar surface area (TPSA) is 54.3 Å². The molecule has 144 valence electrons. The summed E-state index contributed by atoms with van der Waals surface area (Å²) in [6.07, 6.45) is 7.66. The third-order valence-electron chi connectivity index (χ3n) is 5.98. The summed E-state index contributed by atoms with van der Waals surface area (Å²) in [7, 11) is 0.